The molecule has 1 saturated heterocycles. The lowest BCUT2D eigenvalue weighted by atomic mass is 9.90. The second-order valence-corrected chi connectivity index (χ2v) is 5.89. The second-order valence-electron chi connectivity index (χ2n) is 4.19. The van der Waals surface area contributed by atoms with Gasteiger partial charge in [0.25, 0.3) is 0 Å². The number of hydrogen-bond donors (Lipinski definition) is 1. The minimum Gasteiger partial charge on any atom is -0.390 e. The molecule has 0 aromatic carbocycles. The maximum absolute atomic E-state index is 9.60. The van der Waals surface area contributed by atoms with E-state index in [1.54, 1.807) is 0 Å². The molecule has 0 bridgehead atoms. The van der Waals surface area contributed by atoms with Crippen LogP contribution in [0.1, 0.15) is 33.6 Å². The molecule has 0 saturated carbocycles. The van der Waals surface area contributed by atoms with Gasteiger partial charge in [0.1, 0.15) is 0 Å². The van der Waals surface area contributed by atoms with Crippen molar-refractivity contribution in [3.8, 4) is 0 Å². The molecule has 1 rings (SSSR count). The van der Waals surface area contributed by atoms with Crippen LogP contribution in [0.15, 0.2) is 9.66 Å². The van der Waals surface area contributed by atoms with Crippen molar-refractivity contribution in [2.75, 3.05) is 0 Å². The van der Waals surface area contributed by atoms with E-state index in [9.17, 15) is 5.11 Å². The Hall–Kier alpha value is 0.390. The number of hydrogen-bond acceptors (Lipinski definition) is 2. The van der Waals surface area contributed by atoms with Crippen LogP contribution < -0.4 is 0 Å². The first kappa shape index (κ1) is 12.5. The van der Waals surface area contributed by atoms with E-state index in [4.69, 9.17) is 4.74 Å². The first-order valence-electron chi connectivity index (χ1n) is 5.16. The van der Waals surface area contributed by atoms with E-state index in [0.29, 0.717) is 5.92 Å². The Morgan fingerprint density at radius 2 is 2.21 bits per heavy atom. The second kappa shape index (κ2) is 5.47. The monoisotopic (exact) mass is 310 g/mol. The highest BCUT2D eigenvalue weighted by Gasteiger charge is 2.31. The molecule has 82 valence electrons. The van der Waals surface area contributed by atoms with E-state index in [0.717, 1.165) is 12.8 Å². The van der Waals surface area contributed by atoms with Gasteiger partial charge in [0, 0.05) is 0 Å². The van der Waals surface area contributed by atoms with Gasteiger partial charge in [-0.2, -0.15) is 0 Å². The molecule has 0 unspecified atom stereocenters. The molecule has 3 heteroatoms. The molecular weight excluding hydrogens is 291 g/mol. The van der Waals surface area contributed by atoms with Crippen LogP contribution in [0.2, 0.25) is 0 Å². The zero-order valence-corrected chi connectivity index (χ0v) is 11.2. The summed E-state index contributed by atoms with van der Waals surface area (Å²) in [6.45, 7) is 6.19. The van der Waals surface area contributed by atoms with Crippen LogP contribution in [-0.2, 0) is 4.74 Å². The lowest BCUT2D eigenvalue weighted by molar-refractivity contribution is -0.131. The van der Waals surface area contributed by atoms with Crippen LogP contribution in [-0.4, -0.2) is 23.4 Å². The minimum absolute atomic E-state index is 0.0147. The first-order valence-corrected chi connectivity index (χ1v) is 6.24. The van der Waals surface area contributed by atoms with Gasteiger partial charge in [0.2, 0.25) is 0 Å². The van der Waals surface area contributed by atoms with Crippen LogP contribution in [0.25, 0.3) is 0 Å². The fourth-order valence-electron chi connectivity index (χ4n) is 1.79. The number of aliphatic hydroxyl groups is 1. The molecule has 1 fully saturated rings. The average molecular weight is 310 g/mol. The Kier molecular flexibility index (Phi) is 4.87. The molecule has 2 nitrogen and oxygen atoms in total. The molecular formula is C11H19IO2. The SMILES string of the molecule is C/C(I)=C\C[C@@H]1O[C@H](C)[C@@H](O)C[C@@H]1C. The van der Waals surface area contributed by atoms with E-state index in [1.807, 2.05) is 6.92 Å². The van der Waals surface area contributed by atoms with Crippen molar-refractivity contribution in [3.05, 3.63) is 9.66 Å². The van der Waals surface area contributed by atoms with Crippen molar-refractivity contribution in [1.29, 1.82) is 0 Å². The van der Waals surface area contributed by atoms with Gasteiger partial charge in [-0.1, -0.05) is 13.0 Å². The third kappa shape index (κ3) is 3.51. The summed E-state index contributed by atoms with van der Waals surface area (Å²) in [6, 6.07) is 0. The number of rotatable bonds is 2. The number of aliphatic hydroxyl groups excluding tert-OH is 1. The van der Waals surface area contributed by atoms with Crippen LogP contribution >= 0.6 is 22.6 Å². The quantitative estimate of drug-likeness (QED) is 0.795. The van der Waals surface area contributed by atoms with Gasteiger partial charge in [0.05, 0.1) is 18.3 Å². The maximum atomic E-state index is 9.60. The zero-order valence-electron chi connectivity index (χ0n) is 9.03. The van der Waals surface area contributed by atoms with Gasteiger partial charge in [-0.15, -0.1) is 0 Å². The molecule has 1 aliphatic rings. The summed E-state index contributed by atoms with van der Waals surface area (Å²) in [4.78, 5) is 0. The molecule has 0 amide bonds. The van der Waals surface area contributed by atoms with Crippen molar-refractivity contribution in [2.24, 2.45) is 5.92 Å². The van der Waals surface area contributed by atoms with Gasteiger partial charge in [-0.05, 0) is 58.8 Å². The highest BCUT2D eigenvalue weighted by molar-refractivity contribution is 14.1. The molecule has 4 atom stereocenters. The van der Waals surface area contributed by atoms with Gasteiger partial charge in [-0.25, -0.2) is 0 Å². The minimum atomic E-state index is -0.286. The van der Waals surface area contributed by atoms with E-state index >= 15 is 0 Å². The Morgan fingerprint density at radius 3 is 2.79 bits per heavy atom. The third-order valence-corrected chi connectivity index (χ3v) is 3.25. The summed E-state index contributed by atoms with van der Waals surface area (Å²) in [6.07, 6.45) is 4.00. The molecule has 0 aromatic rings. The van der Waals surface area contributed by atoms with E-state index < -0.39 is 0 Å². The van der Waals surface area contributed by atoms with Crippen LogP contribution in [0, 0.1) is 5.92 Å². The van der Waals surface area contributed by atoms with Gasteiger partial charge in [0.15, 0.2) is 0 Å². The fraction of sp³-hybridized carbons (Fsp3) is 0.818. The molecule has 0 radical (unpaired) electrons. The fourth-order valence-corrected chi connectivity index (χ4v) is 2.05. The number of halogens is 1. The topological polar surface area (TPSA) is 29.5 Å². The zero-order chi connectivity index (χ0) is 10.7. The van der Waals surface area contributed by atoms with Crippen LogP contribution in [0.3, 0.4) is 0 Å². The summed E-state index contributed by atoms with van der Waals surface area (Å²) in [5.74, 6) is 0.452. The summed E-state index contributed by atoms with van der Waals surface area (Å²) in [5.41, 5.74) is 0. The molecule has 14 heavy (non-hydrogen) atoms. The van der Waals surface area contributed by atoms with Crippen LogP contribution in [0.4, 0.5) is 0 Å². The molecule has 1 heterocycles. The van der Waals surface area contributed by atoms with E-state index in [-0.39, 0.29) is 18.3 Å². The Labute approximate surface area is 99.9 Å². The molecule has 1 N–H and O–H groups in total. The molecule has 0 spiro atoms. The Balaban J connectivity index is 2.49. The van der Waals surface area contributed by atoms with Crippen molar-refractivity contribution in [3.63, 3.8) is 0 Å². The predicted molar refractivity (Wildman–Crippen MR) is 66.5 cm³/mol. The standard InChI is InChI=1S/C11H19IO2/c1-7-6-10(13)9(3)14-11(7)5-4-8(2)12/h4,7,9-11,13H,5-6H2,1-3H3/b8-4+/t7-,9+,10-,11-/m0/s1. The first-order chi connectivity index (χ1) is 6.50. The number of ether oxygens (including phenoxy) is 1. The molecule has 0 aliphatic carbocycles. The highest BCUT2D eigenvalue weighted by Crippen LogP contribution is 2.27. The Morgan fingerprint density at radius 1 is 1.57 bits per heavy atom. The van der Waals surface area contributed by atoms with Crippen molar-refractivity contribution >= 4 is 22.6 Å². The average Bonchev–Trinajstić information content (AvgIpc) is 2.09. The largest absolute Gasteiger partial charge is 0.390 e. The summed E-state index contributed by atoms with van der Waals surface area (Å²) in [5, 5.41) is 9.60. The lowest BCUT2D eigenvalue weighted by Gasteiger charge is -2.36. The van der Waals surface area contributed by atoms with Crippen LogP contribution in [0.5, 0.6) is 0 Å². The third-order valence-electron chi connectivity index (χ3n) is 2.81. The summed E-state index contributed by atoms with van der Waals surface area (Å²) < 4.78 is 7.07. The molecule has 1 aliphatic heterocycles. The highest BCUT2D eigenvalue weighted by atomic mass is 127. The van der Waals surface area contributed by atoms with Crippen molar-refractivity contribution in [2.45, 2.75) is 51.9 Å². The van der Waals surface area contributed by atoms with Gasteiger partial charge in [-0.3, -0.25) is 0 Å². The Bertz CT molecular complexity index is 211. The molecule has 0 aromatic heterocycles. The van der Waals surface area contributed by atoms with E-state index in [2.05, 4.69) is 42.5 Å². The number of allylic oxidation sites excluding steroid dienone is 1. The lowest BCUT2D eigenvalue weighted by Crippen LogP contribution is -2.41. The summed E-state index contributed by atoms with van der Waals surface area (Å²) >= 11 is 2.31. The maximum Gasteiger partial charge on any atom is 0.0810 e. The smallest absolute Gasteiger partial charge is 0.0810 e. The van der Waals surface area contributed by atoms with Gasteiger partial charge < -0.3 is 9.84 Å². The predicted octanol–water partition coefficient (Wildman–Crippen LogP) is 2.89. The van der Waals surface area contributed by atoms with Crippen molar-refractivity contribution in [1.82, 2.24) is 0 Å². The van der Waals surface area contributed by atoms with Crippen molar-refractivity contribution < 1.29 is 9.84 Å². The van der Waals surface area contributed by atoms with Gasteiger partial charge >= 0.3 is 0 Å². The van der Waals surface area contributed by atoms with E-state index in [1.165, 1.54) is 3.58 Å². The summed E-state index contributed by atoms with van der Waals surface area (Å²) in [7, 11) is 0. The normalized spacial score (nSPS) is 39.9.